The highest BCUT2D eigenvalue weighted by atomic mass is 19.1. The number of fused-ring (bicyclic) bond motifs is 1. The standard InChI is InChI=1S/C20H17FN6O/c1-11(28)14-5-3-13(4-6-14)10-27-19(15-7-16(21)9-23-8-15)26-17-18(22)24-12(2)25-20(17)27/h3-9H,10H2,1-2H3,(H2,22,24,25). The van der Waals surface area contributed by atoms with Crippen LogP contribution in [0, 0.1) is 12.7 Å². The molecule has 140 valence electrons. The third-order valence-electron chi connectivity index (χ3n) is 4.40. The Hall–Kier alpha value is -3.68. The van der Waals surface area contributed by atoms with Crippen LogP contribution in [0.15, 0.2) is 42.7 Å². The summed E-state index contributed by atoms with van der Waals surface area (Å²) in [4.78, 5) is 28.6. The molecular weight excluding hydrogens is 359 g/mol. The average molecular weight is 376 g/mol. The van der Waals surface area contributed by atoms with Gasteiger partial charge in [-0.15, -0.1) is 0 Å². The van der Waals surface area contributed by atoms with Crippen LogP contribution in [-0.4, -0.2) is 30.3 Å². The van der Waals surface area contributed by atoms with Crippen LogP contribution in [0.1, 0.15) is 28.7 Å². The largest absolute Gasteiger partial charge is 0.382 e. The molecular formula is C20H17FN6O. The van der Waals surface area contributed by atoms with Crippen LogP contribution in [0.5, 0.6) is 0 Å². The summed E-state index contributed by atoms with van der Waals surface area (Å²) >= 11 is 0. The van der Waals surface area contributed by atoms with Gasteiger partial charge >= 0.3 is 0 Å². The van der Waals surface area contributed by atoms with E-state index < -0.39 is 5.82 Å². The van der Waals surface area contributed by atoms with Crippen LogP contribution in [0.25, 0.3) is 22.6 Å². The molecule has 1 aromatic carbocycles. The Balaban J connectivity index is 1.89. The maximum absolute atomic E-state index is 13.7. The molecule has 3 aromatic heterocycles. The van der Waals surface area contributed by atoms with E-state index >= 15 is 0 Å². The second-order valence-corrected chi connectivity index (χ2v) is 6.49. The van der Waals surface area contributed by atoms with Crippen LogP contribution >= 0.6 is 0 Å². The number of rotatable bonds is 4. The zero-order chi connectivity index (χ0) is 19.8. The number of anilines is 1. The predicted molar refractivity (Wildman–Crippen MR) is 103 cm³/mol. The lowest BCUT2D eigenvalue weighted by atomic mass is 10.1. The number of Topliss-reactive ketones (excluding diaryl/α,β-unsaturated/α-hetero) is 1. The minimum atomic E-state index is -0.461. The fourth-order valence-electron chi connectivity index (χ4n) is 3.07. The number of nitrogen functional groups attached to an aromatic ring is 1. The van der Waals surface area contributed by atoms with Crippen LogP contribution in [0.4, 0.5) is 10.2 Å². The van der Waals surface area contributed by atoms with Crippen molar-refractivity contribution in [1.82, 2.24) is 24.5 Å². The molecule has 4 rings (SSSR count). The van der Waals surface area contributed by atoms with Crippen molar-refractivity contribution in [3.63, 3.8) is 0 Å². The number of aromatic nitrogens is 5. The monoisotopic (exact) mass is 376 g/mol. The first-order valence-corrected chi connectivity index (χ1v) is 8.63. The molecule has 2 N–H and O–H groups in total. The predicted octanol–water partition coefficient (Wildman–Crippen LogP) is 3.17. The third kappa shape index (κ3) is 3.20. The summed E-state index contributed by atoms with van der Waals surface area (Å²) in [6.45, 7) is 3.69. The van der Waals surface area contributed by atoms with E-state index in [2.05, 4.69) is 19.9 Å². The molecule has 0 saturated carbocycles. The van der Waals surface area contributed by atoms with E-state index in [-0.39, 0.29) is 11.6 Å². The summed E-state index contributed by atoms with van der Waals surface area (Å²) in [6.07, 6.45) is 2.67. The van der Waals surface area contributed by atoms with E-state index in [1.165, 1.54) is 19.2 Å². The molecule has 8 heteroatoms. The number of halogens is 1. The number of nitrogens with zero attached hydrogens (tertiary/aromatic N) is 5. The zero-order valence-electron chi connectivity index (χ0n) is 15.3. The van der Waals surface area contributed by atoms with Gasteiger partial charge in [0.05, 0.1) is 12.7 Å². The molecule has 4 aromatic rings. The molecule has 0 fully saturated rings. The van der Waals surface area contributed by atoms with E-state index in [9.17, 15) is 9.18 Å². The van der Waals surface area contributed by atoms with E-state index in [1.54, 1.807) is 19.1 Å². The Kier molecular flexibility index (Phi) is 4.31. The molecule has 0 amide bonds. The normalized spacial score (nSPS) is 11.1. The SMILES string of the molecule is CC(=O)c1ccc(Cn2c(-c3cncc(F)c3)nc3c(N)nc(C)nc32)cc1. The lowest BCUT2D eigenvalue weighted by Crippen LogP contribution is -2.05. The number of benzene rings is 1. The number of carbonyl (C=O) groups excluding carboxylic acids is 1. The fourth-order valence-corrected chi connectivity index (χ4v) is 3.07. The van der Waals surface area contributed by atoms with E-state index in [1.807, 2.05) is 16.7 Å². The minimum Gasteiger partial charge on any atom is -0.382 e. The third-order valence-corrected chi connectivity index (χ3v) is 4.40. The first kappa shape index (κ1) is 17.7. The Labute approximate surface area is 160 Å². The average Bonchev–Trinajstić information content (AvgIpc) is 3.01. The lowest BCUT2D eigenvalue weighted by Gasteiger charge is -2.10. The van der Waals surface area contributed by atoms with Crippen LogP contribution in [0.3, 0.4) is 0 Å². The number of carbonyl (C=O) groups is 1. The molecule has 0 aliphatic heterocycles. The van der Waals surface area contributed by atoms with Gasteiger partial charge in [-0.25, -0.2) is 19.3 Å². The van der Waals surface area contributed by atoms with E-state index in [0.29, 0.717) is 40.5 Å². The molecule has 0 aliphatic carbocycles. The molecule has 28 heavy (non-hydrogen) atoms. The first-order chi connectivity index (χ1) is 13.4. The van der Waals surface area contributed by atoms with Crippen molar-refractivity contribution >= 4 is 22.8 Å². The van der Waals surface area contributed by atoms with Crippen molar-refractivity contribution in [2.45, 2.75) is 20.4 Å². The molecule has 0 aliphatic rings. The van der Waals surface area contributed by atoms with E-state index in [0.717, 1.165) is 11.8 Å². The fraction of sp³-hybridized carbons (Fsp3) is 0.150. The second kappa shape index (κ2) is 6.80. The zero-order valence-corrected chi connectivity index (χ0v) is 15.3. The number of hydrogen-bond donors (Lipinski definition) is 1. The van der Waals surface area contributed by atoms with Gasteiger partial charge in [-0.2, -0.15) is 0 Å². The number of pyridine rings is 1. The van der Waals surface area contributed by atoms with Gasteiger partial charge in [0.2, 0.25) is 0 Å². The van der Waals surface area contributed by atoms with Gasteiger partial charge in [0, 0.05) is 17.3 Å². The van der Waals surface area contributed by atoms with Gasteiger partial charge < -0.3 is 10.3 Å². The molecule has 0 bridgehead atoms. The van der Waals surface area contributed by atoms with Gasteiger partial charge in [-0.3, -0.25) is 9.78 Å². The highest BCUT2D eigenvalue weighted by Gasteiger charge is 2.18. The number of nitrogens with two attached hydrogens (primary N) is 1. The maximum Gasteiger partial charge on any atom is 0.166 e. The summed E-state index contributed by atoms with van der Waals surface area (Å²) in [6, 6.07) is 8.64. The minimum absolute atomic E-state index is 0.00212. The second-order valence-electron chi connectivity index (χ2n) is 6.49. The highest BCUT2D eigenvalue weighted by Crippen LogP contribution is 2.27. The van der Waals surface area contributed by atoms with Crippen LogP contribution < -0.4 is 5.73 Å². The topological polar surface area (TPSA) is 99.6 Å². The van der Waals surface area contributed by atoms with Crippen molar-refractivity contribution in [3.05, 3.63) is 65.5 Å². The number of aryl methyl sites for hydroxylation is 1. The Morgan fingerprint density at radius 1 is 1.14 bits per heavy atom. The quantitative estimate of drug-likeness (QED) is 0.549. The molecule has 0 unspecified atom stereocenters. The summed E-state index contributed by atoms with van der Waals surface area (Å²) in [7, 11) is 0. The van der Waals surface area contributed by atoms with Crippen molar-refractivity contribution in [1.29, 1.82) is 0 Å². The Morgan fingerprint density at radius 3 is 2.57 bits per heavy atom. The first-order valence-electron chi connectivity index (χ1n) is 8.63. The molecule has 0 saturated heterocycles. The number of hydrogen-bond acceptors (Lipinski definition) is 6. The highest BCUT2D eigenvalue weighted by molar-refractivity contribution is 5.94. The van der Waals surface area contributed by atoms with Crippen molar-refractivity contribution < 1.29 is 9.18 Å². The van der Waals surface area contributed by atoms with Gasteiger partial charge in [0.15, 0.2) is 22.8 Å². The number of imidazole rings is 1. The van der Waals surface area contributed by atoms with Gasteiger partial charge in [0.1, 0.15) is 17.5 Å². The molecule has 0 spiro atoms. The van der Waals surface area contributed by atoms with Crippen LogP contribution in [0.2, 0.25) is 0 Å². The summed E-state index contributed by atoms with van der Waals surface area (Å²) in [5.41, 5.74) is 9.12. The van der Waals surface area contributed by atoms with Crippen molar-refractivity contribution in [2.75, 3.05) is 5.73 Å². The number of ketones is 1. The van der Waals surface area contributed by atoms with Gasteiger partial charge in [-0.1, -0.05) is 24.3 Å². The van der Waals surface area contributed by atoms with Gasteiger partial charge in [-0.05, 0) is 25.5 Å². The lowest BCUT2D eigenvalue weighted by molar-refractivity contribution is 0.101. The molecule has 3 heterocycles. The van der Waals surface area contributed by atoms with Gasteiger partial charge in [0.25, 0.3) is 0 Å². The Morgan fingerprint density at radius 2 is 1.89 bits per heavy atom. The smallest absolute Gasteiger partial charge is 0.166 e. The Bertz CT molecular complexity index is 1200. The summed E-state index contributed by atoms with van der Waals surface area (Å²) in [5, 5.41) is 0. The summed E-state index contributed by atoms with van der Waals surface area (Å²) < 4.78 is 15.6. The summed E-state index contributed by atoms with van der Waals surface area (Å²) in [5.74, 6) is 0.810. The van der Waals surface area contributed by atoms with Crippen LogP contribution in [-0.2, 0) is 6.54 Å². The van der Waals surface area contributed by atoms with E-state index in [4.69, 9.17) is 5.73 Å². The maximum atomic E-state index is 13.7. The van der Waals surface area contributed by atoms with Crippen molar-refractivity contribution in [3.8, 4) is 11.4 Å². The molecule has 0 atom stereocenters. The molecule has 7 nitrogen and oxygen atoms in total. The van der Waals surface area contributed by atoms with Crippen molar-refractivity contribution in [2.24, 2.45) is 0 Å². The molecule has 0 radical (unpaired) electrons.